The zero-order chi connectivity index (χ0) is 21.3. The number of rotatable bonds is 7. The number of amides is 1. The summed E-state index contributed by atoms with van der Waals surface area (Å²) in [7, 11) is -3.20. The standard InChI is InChI=1S/C20H27F3N2O3S/c1-2-29(27,28)6-5-20(26)25-14-3-4-15(25)8-13(7-14)19(24)10-12-9-17(22)18(23)11-16(12)21/h9,11,13-15,19H,2-8,10,24H2,1H3/t13-,14+,15-,19-/m1/s1. The molecule has 2 heterocycles. The van der Waals surface area contributed by atoms with Crippen LogP contribution in [0.1, 0.15) is 44.6 Å². The number of piperidine rings is 1. The highest BCUT2D eigenvalue weighted by atomic mass is 32.2. The minimum Gasteiger partial charge on any atom is -0.337 e. The van der Waals surface area contributed by atoms with E-state index in [0.29, 0.717) is 18.9 Å². The molecule has 2 aliphatic rings. The predicted molar refractivity (Wildman–Crippen MR) is 103 cm³/mol. The van der Waals surface area contributed by atoms with Gasteiger partial charge in [-0.1, -0.05) is 6.92 Å². The van der Waals surface area contributed by atoms with Crippen LogP contribution in [0, 0.1) is 23.4 Å². The zero-order valence-corrected chi connectivity index (χ0v) is 17.2. The van der Waals surface area contributed by atoms with Crippen LogP contribution < -0.4 is 5.73 Å². The molecule has 2 saturated heterocycles. The van der Waals surface area contributed by atoms with Gasteiger partial charge in [0.25, 0.3) is 0 Å². The lowest BCUT2D eigenvalue weighted by Crippen LogP contribution is -2.50. The molecule has 0 unspecified atom stereocenters. The summed E-state index contributed by atoms with van der Waals surface area (Å²) in [6.07, 6.45) is 3.04. The average Bonchev–Trinajstić information content (AvgIpc) is 2.93. The van der Waals surface area contributed by atoms with Gasteiger partial charge >= 0.3 is 0 Å². The van der Waals surface area contributed by atoms with Crippen molar-refractivity contribution in [3.8, 4) is 0 Å². The van der Waals surface area contributed by atoms with Crippen LogP contribution in [0.15, 0.2) is 12.1 Å². The van der Waals surface area contributed by atoms with Crippen LogP contribution in [0.25, 0.3) is 0 Å². The van der Waals surface area contributed by atoms with Crippen molar-refractivity contribution in [2.45, 2.75) is 63.6 Å². The second kappa shape index (κ2) is 8.63. The lowest BCUT2D eigenvalue weighted by molar-refractivity contribution is -0.136. The third kappa shape index (κ3) is 4.94. The van der Waals surface area contributed by atoms with Gasteiger partial charge in [-0.25, -0.2) is 21.6 Å². The molecular weight excluding hydrogens is 405 g/mol. The minimum atomic E-state index is -3.20. The van der Waals surface area contributed by atoms with Crippen molar-refractivity contribution in [1.29, 1.82) is 0 Å². The molecule has 0 radical (unpaired) electrons. The van der Waals surface area contributed by atoms with Gasteiger partial charge in [0, 0.05) is 36.4 Å². The van der Waals surface area contributed by atoms with Gasteiger partial charge in [0.15, 0.2) is 21.5 Å². The van der Waals surface area contributed by atoms with E-state index in [-0.39, 0.29) is 53.8 Å². The molecule has 0 aliphatic carbocycles. The highest BCUT2D eigenvalue weighted by Gasteiger charge is 2.44. The Morgan fingerprint density at radius 1 is 1.14 bits per heavy atom. The van der Waals surface area contributed by atoms with E-state index >= 15 is 0 Å². The van der Waals surface area contributed by atoms with Gasteiger partial charge in [0.1, 0.15) is 5.82 Å². The van der Waals surface area contributed by atoms with E-state index in [1.165, 1.54) is 0 Å². The van der Waals surface area contributed by atoms with Crippen molar-refractivity contribution in [2.75, 3.05) is 11.5 Å². The lowest BCUT2D eigenvalue weighted by atomic mass is 9.82. The number of hydrogen-bond acceptors (Lipinski definition) is 4. The number of fused-ring (bicyclic) bond motifs is 2. The fourth-order valence-electron chi connectivity index (χ4n) is 4.63. The Balaban J connectivity index is 1.62. The fraction of sp³-hybridized carbons (Fsp3) is 0.650. The largest absolute Gasteiger partial charge is 0.337 e. The molecule has 1 aromatic carbocycles. The van der Waals surface area contributed by atoms with Crippen molar-refractivity contribution in [3.05, 3.63) is 35.1 Å². The van der Waals surface area contributed by atoms with E-state index in [1.54, 1.807) is 6.92 Å². The van der Waals surface area contributed by atoms with Crippen molar-refractivity contribution < 1.29 is 26.4 Å². The normalized spacial score (nSPS) is 25.3. The Morgan fingerprint density at radius 2 is 1.72 bits per heavy atom. The molecule has 0 spiro atoms. The molecule has 2 N–H and O–H groups in total. The topological polar surface area (TPSA) is 80.5 Å². The van der Waals surface area contributed by atoms with Crippen molar-refractivity contribution in [2.24, 2.45) is 11.7 Å². The second-order valence-corrected chi connectivity index (χ2v) is 10.6. The molecule has 2 aliphatic heterocycles. The second-order valence-electron chi connectivity index (χ2n) is 8.13. The smallest absolute Gasteiger partial charge is 0.224 e. The molecule has 162 valence electrons. The Bertz CT molecular complexity index is 864. The first kappa shape index (κ1) is 22.1. The highest BCUT2D eigenvalue weighted by molar-refractivity contribution is 7.91. The monoisotopic (exact) mass is 432 g/mol. The van der Waals surface area contributed by atoms with Crippen LogP contribution in [0.3, 0.4) is 0 Å². The van der Waals surface area contributed by atoms with Crippen LogP contribution in [0.4, 0.5) is 13.2 Å². The summed E-state index contributed by atoms with van der Waals surface area (Å²) in [6.45, 7) is 1.56. The first-order valence-corrected chi connectivity index (χ1v) is 11.8. The number of sulfone groups is 1. The Morgan fingerprint density at radius 3 is 2.31 bits per heavy atom. The van der Waals surface area contributed by atoms with Gasteiger partial charge < -0.3 is 10.6 Å². The number of nitrogens with zero attached hydrogens (tertiary/aromatic N) is 1. The Kier molecular flexibility index (Phi) is 6.57. The summed E-state index contributed by atoms with van der Waals surface area (Å²) in [5.74, 6) is -3.38. The first-order valence-electron chi connectivity index (χ1n) is 10.0. The van der Waals surface area contributed by atoms with E-state index < -0.39 is 33.3 Å². The van der Waals surface area contributed by atoms with Gasteiger partial charge in [0.2, 0.25) is 5.91 Å². The number of carbonyl (C=O) groups excluding carboxylic acids is 1. The maximum absolute atomic E-state index is 13.9. The molecule has 29 heavy (non-hydrogen) atoms. The van der Waals surface area contributed by atoms with Gasteiger partial charge in [-0.05, 0) is 49.7 Å². The molecule has 1 aromatic rings. The third-order valence-corrected chi connectivity index (χ3v) is 7.98. The lowest BCUT2D eigenvalue weighted by Gasteiger charge is -2.41. The molecule has 1 amide bonds. The molecule has 2 bridgehead atoms. The summed E-state index contributed by atoms with van der Waals surface area (Å²) >= 11 is 0. The maximum Gasteiger partial charge on any atom is 0.224 e. The number of carbonyl (C=O) groups is 1. The quantitative estimate of drug-likeness (QED) is 0.672. The molecular formula is C20H27F3N2O3S. The van der Waals surface area contributed by atoms with Gasteiger partial charge in [-0.2, -0.15) is 0 Å². The molecule has 5 nitrogen and oxygen atoms in total. The van der Waals surface area contributed by atoms with Crippen molar-refractivity contribution in [1.82, 2.24) is 4.90 Å². The van der Waals surface area contributed by atoms with Crippen LogP contribution in [0.5, 0.6) is 0 Å². The average molecular weight is 433 g/mol. The van der Waals surface area contributed by atoms with E-state index in [0.717, 1.165) is 18.9 Å². The van der Waals surface area contributed by atoms with E-state index in [9.17, 15) is 26.4 Å². The van der Waals surface area contributed by atoms with Crippen LogP contribution in [0.2, 0.25) is 0 Å². The van der Waals surface area contributed by atoms with E-state index in [1.807, 2.05) is 4.90 Å². The van der Waals surface area contributed by atoms with Crippen LogP contribution >= 0.6 is 0 Å². The minimum absolute atomic E-state index is 0.00330. The van der Waals surface area contributed by atoms with Gasteiger partial charge in [-0.3, -0.25) is 4.79 Å². The molecule has 9 heteroatoms. The van der Waals surface area contributed by atoms with Gasteiger partial charge in [-0.15, -0.1) is 0 Å². The summed E-state index contributed by atoms with van der Waals surface area (Å²) in [5.41, 5.74) is 6.33. The number of nitrogens with two attached hydrogens (primary N) is 1. The predicted octanol–water partition coefficient (Wildman–Crippen LogP) is 2.57. The van der Waals surface area contributed by atoms with E-state index in [2.05, 4.69) is 0 Å². The Hall–Kier alpha value is -1.61. The molecule has 0 aromatic heterocycles. The number of halogens is 3. The zero-order valence-electron chi connectivity index (χ0n) is 16.4. The highest BCUT2D eigenvalue weighted by Crippen LogP contribution is 2.40. The van der Waals surface area contributed by atoms with E-state index in [4.69, 9.17) is 5.73 Å². The number of benzene rings is 1. The summed E-state index contributed by atoms with van der Waals surface area (Å²) in [6, 6.07) is 0.946. The summed E-state index contributed by atoms with van der Waals surface area (Å²) in [5, 5.41) is 0. The maximum atomic E-state index is 13.9. The molecule has 4 atom stereocenters. The number of hydrogen-bond donors (Lipinski definition) is 1. The fourth-order valence-corrected chi connectivity index (χ4v) is 5.41. The molecule has 2 fully saturated rings. The van der Waals surface area contributed by atoms with Crippen LogP contribution in [-0.4, -0.2) is 48.9 Å². The Labute approximate surface area is 169 Å². The first-order chi connectivity index (χ1) is 13.6. The van der Waals surface area contributed by atoms with Crippen LogP contribution in [-0.2, 0) is 21.1 Å². The van der Waals surface area contributed by atoms with Crippen molar-refractivity contribution >= 4 is 15.7 Å². The third-order valence-electron chi connectivity index (χ3n) is 6.27. The molecule has 3 rings (SSSR count). The van der Waals surface area contributed by atoms with Gasteiger partial charge in [0.05, 0.1) is 5.75 Å². The van der Waals surface area contributed by atoms with Crippen molar-refractivity contribution in [3.63, 3.8) is 0 Å². The molecule has 0 saturated carbocycles. The summed E-state index contributed by atoms with van der Waals surface area (Å²) < 4.78 is 63.9. The summed E-state index contributed by atoms with van der Waals surface area (Å²) in [4.78, 5) is 14.4. The SMILES string of the molecule is CCS(=O)(=O)CCC(=O)N1[C@@H]2CC[C@H]1C[C@@H]([C@H](N)Cc1cc(F)c(F)cc1F)C2.